The third-order valence-corrected chi connectivity index (χ3v) is 3.51. The van der Waals surface area contributed by atoms with Gasteiger partial charge in [0, 0.05) is 0 Å². The summed E-state index contributed by atoms with van der Waals surface area (Å²) < 4.78 is 10.9. The van der Waals surface area contributed by atoms with Crippen molar-refractivity contribution in [2.75, 3.05) is 4.90 Å². The molecule has 1 aliphatic heterocycles. The molecular weight excluding hydrogens is 286 g/mol. The largest absolute Gasteiger partial charge is 0.479 e. The molecule has 0 aliphatic carbocycles. The smallest absolute Gasteiger partial charge is 0.371 e. The molecule has 0 saturated heterocycles. The van der Waals surface area contributed by atoms with Crippen LogP contribution in [0.2, 0.25) is 0 Å². The number of furan rings is 1. The van der Waals surface area contributed by atoms with Crippen molar-refractivity contribution >= 4 is 17.6 Å². The Bertz CT molecular complexity index is 749. The Balaban J connectivity index is 1.94. The zero-order chi connectivity index (χ0) is 15.9. The van der Waals surface area contributed by atoms with E-state index in [1.165, 1.54) is 6.07 Å². The number of fused-ring (bicyclic) bond motifs is 1. The lowest BCUT2D eigenvalue weighted by Crippen LogP contribution is -2.43. The van der Waals surface area contributed by atoms with Gasteiger partial charge in [-0.15, -0.1) is 0 Å². The first-order chi connectivity index (χ1) is 10.5. The van der Waals surface area contributed by atoms with Crippen LogP contribution in [0.4, 0.5) is 5.69 Å². The summed E-state index contributed by atoms with van der Waals surface area (Å²) >= 11 is 0. The Hall–Kier alpha value is -2.76. The van der Waals surface area contributed by atoms with Gasteiger partial charge in [-0.3, -0.25) is 9.69 Å². The van der Waals surface area contributed by atoms with E-state index < -0.39 is 12.1 Å². The summed E-state index contributed by atoms with van der Waals surface area (Å²) in [7, 11) is 0. The van der Waals surface area contributed by atoms with E-state index in [-0.39, 0.29) is 18.2 Å². The van der Waals surface area contributed by atoms with Crippen molar-refractivity contribution in [3.63, 3.8) is 0 Å². The number of benzene rings is 1. The molecule has 2 heterocycles. The van der Waals surface area contributed by atoms with Gasteiger partial charge in [0.1, 0.15) is 11.5 Å². The van der Waals surface area contributed by atoms with Gasteiger partial charge in [-0.05, 0) is 43.7 Å². The Labute approximate surface area is 126 Å². The second-order valence-corrected chi connectivity index (χ2v) is 5.23. The molecular formula is C16H15NO5. The van der Waals surface area contributed by atoms with E-state index in [1.807, 2.05) is 25.1 Å². The number of aryl methyl sites for hydroxylation is 1. The third kappa shape index (κ3) is 2.43. The fraction of sp³-hybridized carbons (Fsp3) is 0.250. The maximum atomic E-state index is 12.4. The van der Waals surface area contributed by atoms with E-state index in [2.05, 4.69) is 0 Å². The number of hydrogen-bond acceptors (Lipinski definition) is 4. The summed E-state index contributed by atoms with van der Waals surface area (Å²) in [6, 6.07) is 8.52. The predicted octanol–water partition coefficient (Wildman–Crippen LogP) is 2.60. The fourth-order valence-electron chi connectivity index (χ4n) is 2.41. The maximum Gasteiger partial charge on any atom is 0.371 e. The monoisotopic (exact) mass is 301 g/mol. The van der Waals surface area contributed by atoms with Crippen LogP contribution in [0.15, 0.2) is 34.7 Å². The first-order valence-electron chi connectivity index (χ1n) is 6.86. The number of anilines is 1. The topological polar surface area (TPSA) is 80.0 Å². The number of carboxylic acids is 1. The Morgan fingerprint density at radius 1 is 1.32 bits per heavy atom. The second-order valence-electron chi connectivity index (χ2n) is 5.23. The van der Waals surface area contributed by atoms with Crippen molar-refractivity contribution in [1.29, 1.82) is 0 Å². The van der Waals surface area contributed by atoms with Crippen LogP contribution in [0.3, 0.4) is 0 Å². The first-order valence-corrected chi connectivity index (χ1v) is 6.86. The zero-order valence-electron chi connectivity index (χ0n) is 12.2. The lowest BCUT2D eigenvalue weighted by atomic mass is 10.1. The number of amides is 1. The van der Waals surface area contributed by atoms with Crippen LogP contribution in [0.1, 0.15) is 28.8 Å². The summed E-state index contributed by atoms with van der Waals surface area (Å²) in [6.07, 6.45) is -0.594. The van der Waals surface area contributed by atoms with E-state index in [1.54, 1.807) is 17.9 Å². The normalized spacial score (nSPS) is 17.1. The van der Waals surface area contributed by atoms with Crippen LogP contribution in [-0.4, -0.2) is 23.1 Å². The molecule has 3 rings (SSSR count). The summed E-state index contributed by atoms with van der Waals surface area (Å²) in [4.78, 5) is 24.8. The summed E-state index contributed by atoms with van der Waals surface area (Å²) in [6.45, 7) is 3.79. The molecule has 0 radical (unpaired) electrons. The van der Waals surface area contributed by atoms with E-state index in [4.69, 9.17) is 14.3 Å². The molecule has 0 fully saturated rings. The average molecular weight is 301 g/mol. The lowest BCUT2D eigenvalue weighted by Gasteiger charge is -2.32. The number of carbonyl (C=O) groups is 2. The van der Waals surface area contributed by atoms with Gasteiger partial charge in [-0.1, -0.05) is 6.07 Å². The molecule has 6 nitrogen and oxygen atoms in total. The van der Waals surface area contributed by atoms with E-state index in [0.29, 0.717) is 17.2 Å². The van der Waals surface area contributed by atoms with Crippen LogP contribution >= 0.6 is 0 Å². The summed E-state index contributed by atoms with van der Waals surface area (Å²) in [5.41, 5.74) is 1.69. The summed E-state index contributed by atoms with van der Waals surface area (Å²) in [5, 5.41) is 8.89. The van der Waals surface area contributed by atoms with E-state index in [0.717, 1.165) is 5.56 Å². The van der Waals surface area contributed by atoms with Crippen molar-refractivity contribution in [3.05, 3.63) is 47.4 Å². The number of ether oxygens (including phenoxy) is 1. The van der Waals surface area contributed by atoms with Gasteiger partial charge in [-0.2, -0.15) is 0 Å². The highest BCUT2D eigenvalue weighted by Crippen LogP contribution is 2.35. The highest BCUT2D eigenvalue weighted by molar-refractivity contribution is 5.99. The predicted molar refractivity (Wildman–Crippen MR) is 78.1 cm³/mol. The van der Waals surface area contributed by atoms with Crippen molar-refractivity contribution < 1.29 is 23.8 Å². The minimum Gasteiger partial charge on any atom is -0.479 e. The molecule has 1 aromatic heterocycles. The van der Waals surface area contributed by atoms with Crippen LogP contribution in [0, 0.1) is 6.92 Å². The Morgan fingerprint density at radius 3 is 2.77 bits per heavy atom. The van der Waals surface area contributed by atoms with E-state index in [9.17, 15) is 9.59 Å². The van der Waals surface area contributed by atoms with Gasteiger partial charge < -0.3 is 14.3 Å². The maximum absolute atomic E-state index is 12.4. The fourth-order valence-corrected chi connectivity index (χ4v) is 2.41. The van der Waals surface area contributed by atoms with E-state index >= 15 is 0 Å². The molecule has 2 aromatic rings. The molecule has 1 atom stereocenters. The standard InChI is InChI=1S/C16H15NO5/c1-9-3-5-12-14(7-9)21-10(2)15(18)17(12)8-11-4-6-13(22-11)16(19)20/h3-7,10H,8H2,1-2H3,(H,19,20). The van der Waals surface area contributed by atoms with Gasteiger partial charge in [0.25, 0.3) is 5.91 Å². The number of carboxylic acid groups (broad SMARTS) is 1. The zero-order valence-corrected chi connectivity index (χ0v) is 12.2. The quantitative estimate of drug-likeness (QED) is 0.942. The van der Waals surface area contributed by atoms with Crippen LogP contribution in [-0.2, 0) is 11.3 Å². The Morgan fingerprint density at radius 2 is 2.09 bits per heavy atom. The molecule has 0 bridgehead atoms. The first kappa shape index (κ1) is 14.2. The highest BCUT2D eigenvalue weighted by atomic mass is 16.5. The van der Waals surface area contributed by atoms with Crippen molar-refractivity contribution in [3.8, 4) is 5.75 Å². The average Bonchev–Trinajstić information content (AvgIpc) is 2.92. The van der Waals surface area contributed by atoms with Gasteiger partial charge in [0.05, 0.1) is 12.2 Å². The van der Waals surface area contributed by atoms with Crippen LogP contribution < -0.4 is 9.64 Å². The molecule has 1 aliphatic rings. The molecule has 1 aromatic carbocycles. The number of carbonyl (C=O) groups excluding carboxylic acids is 1. The van der Waals surface area contributed by atoms with Gasteiger partial charge >= 0.3 is 5.97 Å². The SMILES string of the molecule is Cc1ccc2c(c1)OC(C)C(=O)N2Cc1ccc(C(=O)O)o1. The van der Waals surface area contributed by atoms with Crippen molar-refractivity contribution in [2.45, 2.75) is 26.5 Å². The van der Waals surface area contributed by atoms with Crippen LogP contribution in [0.5, 0.6) is 5.75 Å². The van der Waals surface area contributed by atoms with Crippen molar-refractivity contribution in [1.82, 2.24) is 0 Å². The molecule has 1 unspecified atom stereocenters. The molecule has 1 amide bonds. The number of hydrogen-bond donors (Lipinski definition) is 1. The number of aromatic carboxylic acids is 1. The summed E-state index contributed by atoms with van der Waals surface area (Å²) in [5.74, 6) is -0.426. The molecule has 1 N–H and O–H groups in total. The highest BCUT2D eigenvalue weighted by Gasteiger charge is 2.32. The molecule has 114 valence electrons. The number of rotatable bonds is 3. The van der Waals surface area contributed by atoms with Gasteiger partial charge in [0.2, 0.25) is 5.76 Å². The molecule has 6 heteroatoms. The molecule has 22 heavy (non-hydrogen) atoms. The molecule has 0 saturated carbocycles. The third-order valence-electron chi connectivity index (χ3n) is 3.51. The minimum absolute atomic E-state index is 0.145. The van der Waals surface area contributed by atoms with Gasteiger partial charge in [0.15, 0.2) is 6.10 Å². The minimum atomic E-state index is -1.14. The number of nitrogens with zero attached hydrogens (tertiary/aromatic N) is 1. The van der Waals surface area contributed by atoms with Gasteiger partial charge in [-0.25, -0.2) is 4.79 Å². The van der Waals surface area contributed by atoms with Crippen molar-refractivity contribution in [2.24, 2.45) is 0 Å². The Kier molecular flexibility index (Phi) is 3.36. The lowest BCUT2D eigenvalue weighted by molar-refractivity contribution is -0.125. The molecule has 0 spiro atoms. The van der Waals surface area contributed by atoms with Crippen LogP contribution in [0.25, 0.3) is 0 Å². The second kappa shape index (κ2) is 5.22.